The highest BCUT2D eigenvalue weighted by molar-refractivity contribution is 4.92. The van der Waals surface area contributed by atoms with E-state index in [-0.39, 0.29) is 6.10 Å². The van der Waals surface area contributed by atoms with Gasteiger partial charge >= 0.3 is 0 Å². The molecule has 0 unspecified atom stereocenters. The van der Waals surface area contributed by atoms with Gasteiger partial charge in [0.15, 0.2) is 0 Å². The predicted molar refractivity (Wildman–Crippen MR) is 72.2 cm³/mol. The van der Waals surface area contributed by atoms with Gasteiger partial charge in [0.1, 0.15) is 0 Å². The third-order valence-electron chi connectivity index (χ3n) is 5.08. The van der Waals surface area contributed by atoms with E-state index in [9.17, 15) is 5.11 Å². The maximum Gasteiger partial charge on any atom is 0.0564 e. The van der Waals surface area contributed by atoms with Crippen LogP contribution < -0.4 is 0 Å². The van der Waals surface area contributed by atoms with Crippen molar-refractivity contribution in [2.24, 2.45) is 0 Å². The molecule has 0 atom stereocenters. The van der Waals surface area contributed by atoms with Gasteiger partial charge in [-0.25, -0.2) is 0 Å². The summed E-state index contributed by atoms with van der Waals surface area (Å²) in [6.45, 7) is 4.61. The Labute approximate surface area is 106 Å². The zero-order valence-corrected chi connectivity index (χ0v) is 11.5. The number of rotatable bonds is 2. The van der Waals surface area contributed by atoms with E-state index in [0.717, 1.165) is 25.9 Å². The Bertz CT molecular complexity index is 213. The van der Waals surface area contributed by atoms with Gasteiger partial charge in [-0.05, 0) is 32.1 Å². The minimum absolute atomic E-state index is 0.0336. The molecule has 0 aromatic heterocycles. The van der Waals surface area contributed by atoms with Crippen molar-refractivity contribution in [2.75, 3.05) is 13.1 Å². The molecular weight excluding hydrogens is 210 g/mol. The third-order valence-corrected chi connectivity index (χ3v) is 5.08. The minimum atomic E-state index is -0.0336. The van der Waals surface area contributed by atoms with Gasteiger partial charge in [-0.1, -0.05) is 39.0 Å². The molecule has 0 amide bonds. The lowest BCUT2D eigenvalue weighted by molar-refractivity contribution is -0.00136. The topological polar surface area (TPSA) is 23.5 Å². The fourth-order valence-electron chi connectivity index (χ4n) is 3.80. The molecule has 2 heteroatoms. The van der Waals surface area contributed by atoms with Crippen molar-refractivity contribution in [1.82, 2.24) is 4.90 Å². The molecule has 2 rings (SSSR count). The lowest BCUT2D eigenvalue weighted by atomic mass is 9.79. The summed E-state index contributed by atoms with van der Waals surface area (Å²) in [6.07, 6.45) is 13.1. The number of piperidine rings is 1. The zero-order chi connectivity index (χ0) is 12.1. The molecule has 0 radical (unpaired) electrons. The van der Waals surface area contributed by atoms with Gasteiger partial charge in [-0.3, -0.25) is 4.90 Å². The first-order valence-corrected chi connectivity index (χ1v) is 7.70. The van der Waals surface area contributed by atoms with Gasteiger partial charge < -0.3 is 5.11 Å². The lowest BCUT2D eigenvalue weighted by Gasteiger charge is -2.47. The summed E-state index contributed by atoms with van der Waals surface area (Å²) in [4.78, 5) is 2.71. The Hall–Kier alpha value is -0.0800. The molecule has 100 valence electrons. The molecule has 0 spiro atoms. The number of aliphatic hydroxyl groups excluding tert-OH is 1. The maximum absolute atomic E-state index is 9.66. The number of hydrogen-bond donors (Lipinski definition) is 1. The highest BCUT2D eigenvalue weighted by atomic mass is 16.3. The van der Waals surface area contributed by atoms with Crippen LogP contribution in [0.3, 0.4) is 0 Å². The third kappa shape index (κ3) is 3.23. The van der Waals surface area contributed by atoms with E-state index in [1.54, 1.807) is 0 Å². The molecular formula is C15H29NO. The van der Waals surface area contributed by atoms with E-state index in [4.69, 9.17) is 0 Å². The molecule has 17 heavy (non-hydrogen) atoms. The van der Waals surface area contributed by atoms with E-state index >= 15 is 0 Å². The van der Waals surface area contributed by atoms with Crippen LogP contribution >= 0.6 is 0 Å². The van der Waals surface area contributed by atoms with Crippen LogP contribution in [-0.4, -0.2) is 34.7 Å². The van der Waals surface area contributed by atoms with Gasteiger partial charge in [-0.15, -0.1) is 0 Å². The smallest absolute Gasteiger partial charge is 0.0564 e. The Morgan fingerprint density at radius 1 is 1.00 bits per heavy atom. The van der Waals surface area contributed by atoms with Gasteiger partial charge in [0, 0.05) is 18.6 Å². The zero-order valence-electron chi connectivity index (χ0n) is 11.5. The standard InChI is InChI=1S/C15H29NO/c1-2-15(10-6-4-3-5-7-11-15)16-12-8-14(17)9-13-16/h14,17H,2-13H2,1H3. The monoisotopic (exact) mass is 239 g/mol. The number of likely N-dealkylation sites (tertiary alicyclic amines) is 1. The van der Waals surface area contributed by atoms with Gasteiger partial charge in [0.2, 0.25) is 0 Å². The molecule has 2 fully saturated rings. The Balaban J connectivity index is 2.00. The molecule has 1 saturated carbocycles. The molecule has 1 N–H and O–H groups in total. The van der Waals surface area contributed by atoms with Crippen molar-refractivity contribution in [2.45, 2.75) is 82.8 Å². The molecule has 1 saturated heterocycles. The van der Waals surface area contributed by atoms with Crippen LogP contribution in [0.5, 0.6) is 0 Å². The van der Waals surface area contributed by atoms with E-state index < -0.39 is 0 Å². The van der Waals surface area contributed by atoms with Crippen molar-refractivity contribution in [3.8, 4) is 0 Å². The summed E-state index contributed by atoms with van der Waals surface area (Å²) < 4.78 is 0. The van der Waals surface area contributed by atoms with Crippen molar-refractivity contribution < 1.29 is 5.11 Å². The molecule has 0 bridgehead atoms. The second-order valence-corrected chi connectivity index (χ2v) is 6.06. The van der Waals surface area contributed by atoms with E-state index in [1.807, 2.05) is 0 Å². The van der Waals surface area contributed by atoms with Crippen LogP contribution in [0.25, 0.3) is 0 Å². The van der Waals surface area contributed by atoms with Crippen LogP contribution in [0.1, 0.15) is 71.1 Å². The van der Waals surface area contributed by atoms with Crippen molar-refractivity contribution in [1.29, 1.82) is 0 Å². The van der Waals surface area contributed by atoms with Crippen molar-refractivity contribution in [3.63, 3.8) is 0 Å². The van der Waals surface area contributed by atoms with Crippen LogP contribution in [0, 0.1) is 0 Å². The highest BCUT2D eigenvalue weighted by Crippen LogP contribution is 2.36. The largest absolute Gasteiger partial charge is 0.393 e. The van der Waals surface area contributed by atoms with Crippen molar-refractivity contribution >= 4 is 0 Å². The summed E-state index contributed by atoms with van der Waals surface area (Å²) in [6, 6.07) is 0. The highest BCUT2D eigenvalue weighted by Gasteiger charge is 2.36. The first-order chi connectivity index (χ1) is 8.27. The summed E-state index contributed by atoms with van der Waals surface area (Å²) in [7, 11) is 0. The fourth-order valence-corrected chi connectivity index (χ4v) is 3.80. The SMILES string of the molecule is CCC1(N2CCC(O)CC2)CCCCCCC1. The Morgan fingerprint density at radius 3 is 2.06 bits per heavy atom. The summed E-state index contributed by atoms with van der Waals surface area (Å²) >= 11 is 0. The van der Waals surface area contributed by atoms with Crippen LogP contribution in [0.2, 0.25) is 0 Å². The first-order valence-electron chi connectivity index (χ1n) is 7.70. The van der Waals surface area contributed by atoms with E-state index in [0.29, 0.717) is 5.54 Å². The van der Waals surface area contributed by atoms with Crippen LogP contribution in [0.4, 0.5) is 0 Å². The van der Waals surface area contributed by atoms with Crippen molar-refractivity contribution in [3.05, 3.63) is 0 Å². The Morgan fingerprint density at radius 2 is 1.53 bits per heavy atom. The molecule has 2 aliphatic rings. The average Bonchev–Trinajstić information content (AvgIpc) is 2.31. The lowest BCUT2D eigenvalue weighted by Crippen LogP contribution is -2.52. The second kappa shape index (κ2) is 6.19. The summed E-state index contributed by atoms with van der Waals surface area (Å²) in [5.74, 6) is 0. The predicted octanol–water partition coefficient (Wildman–Crippen LogP) is 3.34. The maximum atomic E-state index is 9.66. The quantitative estimate of drug-likeness (QED) is 0.799. The molecule has 1 aliphatic carbocycles. The molecule has 1 heterocycles. The minimum Gasteiger partial charge on any atom is -0.393 e. The van der Waals surface area contributed by atoms with Crippen LogP contribution in [-0.2, 0) is 0 Å². The van der Waals surface area contributed by atoms with Gasteiger partial charge in [-0.2, -0.15) is 0 Å². The average molecular weight is 239 g/mol. The van der Waals surface area contributed by atoms with Gasteiger partial charge in [0.05, 0.1) is 6.10 Å². The number of hydrogen-bond acceptors (Lipinski definition) is 2. The second-order valence-electron chi connectivity index (χ2n) is 6.06. The van der Waals surface area contributed by atoms with E-state index in [1.165, 1.54) is 51.4 Å². The molecule has 1 aliphatic heterocycles. The normalized spacial score (nSPS) is 28.6. The van der Waals surface area contributed by atoms with Gasteiger partial charge in [0.25, 0.3) is 0 Å². The summed E-state index contributed by atoms with van der Waals surface area (Å²) in [5, 5.41) is 9.66. The number of aliphatic hydroxyl groups is 1. The molecule has 0 aromatic carbocycles. The fraction of sp³-hybridized carbons (Fsp3) is 1.00. The number of nitrogens with zero attached hydrogens (tertiary/aromatic N) is 1. The van der Waals surface area contributed by atoms with E-state index in [2.05, 4.69) is 11.8 Å². The molecule has 0 aromatic rings. The first kappa shape index (κ1) is 13.4. The summed E-state index contributed by atoms with van der Waals surface area (Å²) in [5.41, 5.74) is 0.473. The Kier molecular flexibility index (Phi) is 4.87. The molecule has 2 nitrogen and oxygen atoms in total. The van der Waals surface area contributed by atoms with Crippen LogP contribution in [0.15, 0.2) is 0 Å².